The SMILES string of the molecule is CC(C)(O)C(C)(C#N)/N=N/C(C)(C#N)C(C)(C)O. The van der Waals surface area contributed by atoms with E-state index in [-0.39, 0.29) is 0 Å². The Balaban J connectivity index is 5.54. The number of hydrogen-bond acceptors (Lipinski definition) is 6. The van der Waals surface area contributed by atoms with Gasteiger partial charge >= 0.3 is 0 Å². The Morgan fingerprint density at radius 2 is 0.944 bits per heavy atom. The van der Waals surface area contributed by atoms with Gasteiger partial charge in [0.25, 0.3) is 0 Å². The number of azo groups is 1. The van der Waals surface area contributed by atoms with Gasteiger partial charge in [-0.1, -0.05) is 0 Å². The summed E-state index contributed by atoms with van der Waals surface area (Å²) in [6.07, 6.45) is 0. The molecular weight excluding hydrogens is 232 g/mol. The summed E-state index contributed by atoms with van der Waals surface area (Å²) in [5.74, 6) is 0. The van der Waals surface area contributed by atoms with Crippen LogP contribution in [0.5, 0.6) is 0 Å². The topological polar surface area (TPSA) is 113 Å². The Kier molecular flexibility index (Phi) is 4.25. The third-order valence-corrected chi connectivity index (χ3v) is 3.27. The number of rotatable bonds is 4. The van der Waals surface area contributed by atoms with E-state index < -0.39 is 22.3 Å². The highest BCUT2D eigenvalue weighted by Crippen LogP contribution is 2.30. The highest BCUT2D eigenvalue weighted by Gasteiger charge is 2.44. The lowest BCUT2D eigenvalue weighted by molar-refractivity contribution is 0.0128. The Morgan fingerprint density at radius 1 is 0.722 bits per heavy atom. The maximum atomic E-state index is 9.89. The highest BCUT2D eigenvalue weighted by atomic mass is 16.3. The van der Waals surface area contributed by atoms with Crippen molar-refractivity contribution in [3.63, 3.8) is 0 Å². The fourth-order valence-corrected chi connectivity index (χ4v) is 0.763. The molecule has 0 radical (unpaired) electrons. The van der Waals surface area contributed by atoms with E-state index in [1.807, 2.05) is 12.1 Å². The van der Waals surface area contributed by atoms with Crippen LogP contribution in [0.3, 0.4) is 0 Å². The van der Waals surface area contributed by atoms with Gasteiger partial charge in [0.05, 0.1) is 23.3 Å². The molecule has 0 heterocycles. The molecule has 6 heteroatoms. The zero-order valence-electron chi connectivity index (χ0n) is 11.7. The summed E-state index contributed by atoms with van der Waals surface area (Å²) >= 11 is 0. The summed E-state index contributed by atoms with van der Waals surface area (Å²) in [6.45, 7) is 8.56. The van der Waals surface area contributed by atoms with Crippen molar-refractivity contribution >= 4 is 0 Å². The molecule has 0 saturated carbocycles. The van der Waals surface area contributed by atoms with Crippen molar-refractivity contribution in [2.24, 2.45) is 10.2 Å². The van der Waals surface area contributed by atoms with Crippen molar-refractivity contribution in [3.05, 3.63) is 0 Å². The van der Waals surface area contributed by atoms with Gasteiger partial charge in [-0.25, -0.2) is 0 Å². The van der Waals surface area contributed by atoms with E-state index in [1.165, 1.54) is 41.5 Å². The third kappa shape index (κ3) is 3.04. The second-order valence-electron chi connectivity index (χ2n) is 5.69. The minimum Gasteiger partial charge on any atom is -0.387 e. The summed E-state index contributed by atoms with van der Waals surface area (Å²) in [7, 11) is 0. The van der Waals surface area contributed by atoms with Crippen LogP contribution < -0.4 is 0 Å². The second-order valence-corrected chi connectivity index (χ2v) is 5.69. The molecule has 0 aromatic heterocycles. The number of aliphatic hydroxyl groups is 2. The van der Waals surface area contributed by atoms with Crippen LogP contribution in [0.25, 0.3) is 0 Å². The molecule has 18 heavy (non-hydrogen) atoms. The molecule has 6 nitrogen and oxygen atoms in total. The zero-order valence-corrected chi connectivity index (χ0v) is 11.7. The standard InChI is InChI=1S/C12H20N4O2/c1-9(2,17)11(5,7-13)15-16-12(6,8-14)10(3,4)18/h17-18H,1-6H3/b16-15+. The summed E-state index contributed by atoms with van der Waals surface area (Å²) in [6, 6.07) is 3.73. The van der Waals surface area contributed by atoms with Crippen LogP contribution >= 0.6 is 0 Å². The van der Waals surface area contributed by atoms with Crippen molar-refractivity contribution in [1.82, 2.24) is 0 Å². The summed E-state index contributed by atoms with van der Waals surface area (Å²) in [4.78, 5) is 0. The fraction of sp³-hybridized carbons (Fsp3) is 0.833. The van der Waals surface area contributed by atoms with Crippen molar-refractivity contribution in [2.45, 2.75) is 63.8 Å². The van der Waals surface area contributed by atoms with Gasteiger partial charge < -0.3 is 10.2 Å². The predicted molar refractivity (Wildman–Crippen MR) is 65.5 cm³/mol. The average molecular weight is 252 g/mol. The monoisotopic (exact) mass is 252 g/mol. The Labute approximate surface area is 108 Å². The highest BCUT2D eigenvalue weighted by molar-refractivity contribution is 5.16. The molecule has 0 aromatic rings. The maximum Gasteiger partial charge on any atom is 0.192 e. The van der Waals surface area contributed by atoms with E-state index in [1.54, 1.807) is 0 Å². The van der Waals surface area contributed by atoms with Crippen LogP contribution in [0.2, 0.25) is 0 Å². The first kappa shape index (κ1) is 16.5. The van der Waals surface area contributed by atoms with Crippen LogP contribution in [0.1, 0.15) is 41.5 Å². The van der Waals surface area contributed by atoms with E-state index in [4.69, 9.17) is 10.5 Å². The number of nitrogens with zero attached hydrogens (tertiary/aromatic N) is 4. The normalized spacial score (nSPS) is 19.7. The van der Waals surface area contributed by atoms with Crippen LogP contribution in [0.15, 0.2) is 10.2 Å². The molecule has 0 bridgehead atoms. The molecule has 100 valence electrons. The van der Waals surface area contributed by atoms with E-state index in [2.05, 4.69) is 10.2 Å². The van der Waals surface area contributed by atoms with Gasteiger partial charge in [-0.05, 0) is 41.5 Å². The third-order valence-electron chi connectivity index (χ3n) is 3.27. The summed E-state index contributed by atoms with van der Waals surface area (Å²) < 4.78 is 0. The first-order valence-electron chi connectivity index (χ1n) is 5.54. The fourth-order valence-electron chi connectivity index (χ4n) is 0.763. The second kappa shape index (κ2) is 4.64. The van der Waals surface area contributed by atoms with E-state index in [0.717, 1.165) is 0 Å². The molecule has 0 spiro atoms. The van der Waals surface area contributed by atoms with Crippen molar-refractivity contribution < 1.29 is 10.2 Å². The number of nitriles is 2. The lowest BCUT2D eigenvalue weighted by atomic mass is 9.85. The Bertz CT molecular complexity index is 379. The minimum absolute atomic E-state index is 1.42. The Hall–Kier alpha value is -1.50. The molecule has 2 atom stereocenters. The van der Waals surface area contributed by atoms with Gasteiger partial charge in [0.15, 0.2) is 11.1 Å². The van der Waals surface area contributed by atoms with Crippen molar-refractivity contribution in [3.8, 4) is 12.1 Å². The van der Waals surface area contributed by atoms with Gasteiger partial charge in [-0.15, -0.1) is 0 Å². The quantitative estimate of drug-likeness (QED) is 0.739. The molecule has 0 aliphatic heterocycles. The van der Waals surface area contributed by atoms with E-state index in [9.17, 15) is 10.2 Å². The van der Waals surface area contributed by atoms with Crippen LogP contribution in [0, 0.1) is 22.7 Å². The first-order chi connectivity index (χ1) is 7.83. The molecule has 0 aromatic carbocycles. The van der Waals surface area contributed by atoms with Gasteiger partial charge in [-0.3, -0.25) is 0 Å². The molecule has 0 aliphatic rings. The lowest BCUT2D eigenvalue weighted by Gasteiger charge is -2.33. The average Bonchev–Trinajstić information content (AvgIpc) is 2.22. The van der Waals surface area contributed by atoms with Crippen molar-refractivity contribution in [1.29, 1.82) is 10.5 Å². The maximum absolute atomic E-state index is 9.89. The molecule has 0 amide bonds. The molecule has 0 saturated heterocycles. The zero-order chi connectivity index (χ0) is 14.8. The molecule has 0 rings (SSSR count). The molecule has 0 fully saturated rings. The smallest absolute Gasteiger partial charge is 0.192 e. The van der Waals surface area contributed by atoms with Gasteiger partial charge in [-0.2, -0.15) is 20.8 Å². The van der Waals surface area contributed by atoms with E-state index >= 15 is 0 Å². The summed E-state index contributed by atoms with van der Waals surface area (Å²) in [5, 5.41) is 45.5. The molecule has 0 aliphatic carbocycles. The van der Waals surface area contributed by atoms with Gasteiger partial charge in [0.2, 0.25) is 0 Å². The van der Waals surface area contributed by atoms with Crippen molar-refractivity contribution in [2.75, 3.05) is 0 Å². The molecule has 2 N–H and O–H groups in total. The minimum atomic E-state index is -1.49. The number of hydrogen-bond donors (Lipinski definition) is 2. The van der Waals surface area contributed by atoms with Crippen LogP contribution in [-0.4, -0.2) is 32.5 Å². The first-order valence-corrected chi connectivity index (χ1v) is 5.54. The van der Waals surface area contributed by atoms with Crippen LogP contribution in [-0.2, 0) is 0 Å². The van der Waals surface area contributed by atoms with Crippen LogP contribution in [0.4, 0.5) is 0 Å². The van der Waals surface area contributed by atoms with Gasteiger partial charge in [0.1, 0.15) is 0 Å². The molecule has 2 unspecified atom stereocenters. The Morgan fingerprint density at radius 3 is 1.06 bits per heavy atom. The van der Waals surface area contributed by atoms with Gasteiger partial charge in [0, 0.05) is 0 Å². The largest absolute Gasteiger partial charge is 0.387 e. The summed E-state index contributed by atoms with van der Waals surface area (Å²) in [5.41, 5.74) is -5.81. The predicted octanol–water partition coefficient (Wildman–Crippen LogP) is 1.54. The van der Waals surface area contributed by atoms with E-state index in [0.29, 0.717) is 0 Å². The molecular formula is C12H20N4O2. The lowest BCUT2D eigenvalue weighted by Crippen LogP contribution is -2.48.